The van der Waals surface area contributed by atoms with Gasteiger partial charge in [0.05, 0.1) is 11.2 Å². The number of amides is 2. The summed E-state index contributed by atoms with van der Waals surface area (Å²) in [5.74, 6) is 0.171. The number of benzene rings is 1. The van der Waals surface area contributed by atoms with Crippen LogP contribution in [0.5, 0.6) is 0 Å². The zero-order chi connectivity index (χ0) is 22.2. The van der Waals surface area contributed by atoms with E-state index in [1.165, 1.54) is 0 Å². The van der Waals surface area contributed by atoms with E-state index in [1.54, 1.807) is 0 Å². The minimum Gasteiger partial charge on any atom is -0.369 e. The molecule has 1 saturated carbocycles. The van der Waals surface area contributed by atoms with E-state index in [0.717, 1.165) is 62.3 Å². The fourth-order valence-electron chi connectivity index (χ4n) is 4.23. The van der Waals surface area contributed by atoms with E-state index in [2.05, 4.69) is 37.1 Å². The van der Waals surface area contributed by atoms with Gasteiger partial charge in [-0.3, -0.25) is 19.2 Å². The maximum Gasteiger partial charge on any atom is 0.273 e. The number of piperidine rings is 1. The van der Waals surface area contributed by atoms with Crippen LogP contribution < -0.4 is 11.1 Å². The van der Waals surface area contributed by atoms with Crippen LogP contribution in [0.15, 0.2) is 30.3 Å². The number of nitrogens with zero attached hydrogens (tertiary/aromatic N) is 3. The van der Waals surface area contributed by atoms with E-state index in [4.69, 9.17) is 10.8 Å². The first kappa shape index (κ1) is 21.6. The predicted octanol–water partition coefficient (Wildman–Crippen LogP) is 3.47. The number of hydrogen-bond acceptors (Lipinski definition) is 4. The molecule has 7 heteroatoms. The van der Waals surface area contributed by atoms with E-state index >= 15 is 0 Å². The molecular weight excluding hydrogens is 390 g/mol. The fraction of sp³-hybridized carbons (Fsp3) is 0.542. The highest BCUT2D eigenvalue weighted by Crippen LogP contribution is 2.40. The largest absolute Gasteiger partial charge is 0.369 e. The summed E-state index contributed by atoms with van der Waals surface area (Å²) in [6, 6.07) is 9.93. The lowest BCUT2D eigenvalue weighted by atomic mass is 9.96. The summed E-state index contributed by atoms with van der Waals surface area (Å²) < 4.78 is 1.85. The van der Waals surface area contributed by atoms with Gasteiger partial charge in [-0.1, -0.05) is 12.1 Å². The molecule has 1 aromatic carbocycles. The van der Waals surface area contributed by atoms with Crippen molar-refractivity contribution in [3.8, 4) is 0 Å². The van der Waals surface area contributed by atoms with Gasteiger partial charge in [0.15, 0.2) is 0 Å². The lowest BCUT2D eigenvalue weighted by Crippen LogP contribution is -2.38. The number of nitrogens with two attached hydrogens (primary N) is 1. The van der Waals surface area contributed by atoms with E-state index in [1.807, 2.05) is 28.9 Å². The Labute approximate surface area is 184 Å². The van der Waals surface area contributed by atoms with Gasteiger partial charge in [-0.25, -0.2) is 0 Å². The first-order chi connectivity index (χ1) is 14.7. The Morgan fingerprint density at radius 3 is 2.45 bits per heavy atom. The monoisotopic (exact) mass is 423 g/mol. The Bertz CT molecular complexity index is 963. The van der Waals surface area contributed by atoms with Crippen molar-refractivity contribution in [3.63, 3.8) is 0 Å². The standard InChI is InChI=1S/C24H33N5O2/c1-24(2,3)29-21(14-20(27-29)17-7-8-17)23(31)26-19-6-4-5-16(13-19)15-28-11-9-18(10-12-28)22(25)30/h4-6,13-14,17-18H,7-12,15H2,1-3H3,(H2,25,30)(H,26,31). The molecule has 4 rings (SSSR count). The Morgan fingerprint density at radius 2 is 1.84 bits per heavy atom. The van der Waals surface area contributed by atoms with E-state index in [0.29, 0.717) is 11.6 Å². The van der Waals surface area contributed by atoms with Gasteiger partial charge in [-0.2, -0.15) is 5.10 Å². The molecule has 1 aromatic heterocycles. The molecule has 31 heavy (non-hydrogen) atoms. The van der Waals surface area contributed by atoms with Crippen LogP contribution in [0.2, 0.25) is 0 Å². The highest BCUT2D eigenvalue weighted by molar-refractivity contribution is 6.03. The number of rotatable bonds is 6. The molecule has 0 bridgehead atoms. The van der Waals surface area contributed by atoms with Gasteiger partial charge in [0, 0.05) is 24.1 Å². The van der Waals surface area contributed by atoms with Gasteiger partial charge >= 0.3 is 0 Å². The van der Waals surface area contributed by atoms with E-state index in [9.17, 15) is 9.59 Å². The summed E-state index contributed by atoms with van der Waals surface area (Å²) in [6.45, 7) is 8.71. The number of anilines is 1. The lowest BCUT2D eigenvalue weighted by Gasteiger charge is -2.30. The third-order valence-electron chi connectivity index (χ3n) is 6.17. The number of carbonyl (C=O) groups is 2. The maximum absolute atomic E-state index is 13.1. The average Bonchev–Trinajstić information content (AvgIpc) is 3.45. The number of carbonyl (C=O) groups excluding carboxylic acids is 2. The van der Waals surface area contributed by atoms with Crippen LogP contribution in [0, 0.1) is 5.92 Å². The van der Waals surface area contributed by atoms with Crippen molar-refractivity contribution >= 4 is 17.5 Å². The van der Waals surface area contributed by atoms with Crippen molar-refractivity contribution in [2.45, 2.75) is 64.5 Å². The third-order valence-corrected chi connectivity index (χ3v) is 6.17. The first-order valence-electron chi connectivity index (χ1n) is 11.2. The second-order valence-corrected chi connectivity index (χ2v) is 9.92. The molecule has 1 aliphatic heterocycles. The molecule has 166 valence electrons. The van der Waals surface area contributed by atoms with Crippen LogP contribution in [0.3, 0.4) is 0 Å². The zero-order valence-electron chi connectivity index (χ0n) is 18.7. The number of likely N-dealkylation sites (tertiary alicyclic amines) is 1. The Morgan fingerprint density at radius 1 is 1.13 bits per heavy atom. The number of nitrogens with one attached hydrogen (secondary N) is 1. The van der Waals surface area contributed by atoms with Crippen LogP contribution >= 0.6 is 0 Å². The minimum atomic E-state index is -0.265. The molecule has 1 saturated heterocycles. The molecule has 7 nitrogen and oxygen atoms in total. The summed E-state index contributed by atoms with van der Waals surface area (Å²) in [6.07, 6.45) is 3.93. The molecule has 0 radical (unpaired) electrons. The van der Waals surface area contributed by atoms with Gasteiger partial charge in [0.1, 0.15) is 5.69 Å². The smallest absolute Gasteiger partial charge is 0.273 e. The van der Waals surface area contributed by atoms with Gasteiger partial charge in [0.25, 0.3) is 5.91 Å². The van der Waals surface area contributed by atoms with Gasteiger partial charge in [0.2, 0.25) is 5.91 Å². The molecule has 2 amide bonds. The van der Waals surface area contributed by atoms with Gasteiger partial charge in [-0.05, 0) is 83.3 Å². The molecule has 0 unspecified atom stereocenters. The predicted molar refractivity (Wildman–Crippen MR) is 121 cm³/mol. The fourth-order valence-corrected chi connectivity index (χ4v) is 4.23. The molecule has 2 aliphatic rings. The molecule has 1 aliphatic carbocycles. The molecule has 2 fully saturated rings. The average molecular weight is 424 g/mol. The number of primary amides is 1. The van der Waals surface area contributed by atoms with Crippen LogP contribution in [-0.4, -0.2) is 39.6 Å². The topological polar surface area (TPSA) is 93.2 Å². The molecule has 0 spiro atoms. The summed E-state index contributed by atoms with van der Waals surface area (Å²) >= 11 is 0. The van der Waals surface area contributed by atoms with Crippen molar-refractivity contribution in [2.24, 2.45) is 11.7 Å². The summed E-state index contributed by atoms with van der Waals surface area (Å²) in [5, 5.41) is 7.80. The lowest BCUT2D eigenvalue weighted by molar-refractivity contribution is -0.123. The van der Waals surface area contributed by atoms with E-state index in [-0.39, 0.29) is 23.3 Å². The highest BCUT2D eigenvalue weighted by Gasteiger charge is 2.31. The Kier molecular flexibility index (Phi) is 5.88. The molecule has 3 N–H and O–H groups in total. The van der Waals surface area contributed by atoms with Crippen LogP contribution in [0.4, 0.5) is 5.69 Å². The zero-order valence-corrected chi connectivity index (χ0v) is 18.7. The third kappa shape index (κ3) is 5.15. The molecule has 2 aromatic rings. The van der Waals surface area contributed by atoms with Gasteiger partial charge < -0.3 is 11.1 Å². The number of hydrogen-bond donors (Lipinski definition) is 2. The summed E-state index contributed by atoms with van der Waals surface area (Å²) in [5.41, 5.74) is 8.71. The first-order valence-corrected chi connectivity index (χ1v) is 11.2. The maximum atomic E-state index is 13.1. The van der Waals surface area contributed by atoms with Gasteiger partial charge in [-0.15, -0.1) is 0 Å². The Hall–Kier alpha value is -2.67. The molecule has 0 atom stereocenters. The highest BCUT2D eigenvalue weighted by atomic mass is 16.2. The van der Waals surface area contributed by atoms with Crippen molar-refractivity contribution < 1.29 is 9.59 Å². The van der Waals surface area contributed by atoms with Crippen molar-refractivity contribution in [3.05, 3.63) is 47.3 Å². The molecule has 2 heterocycles. The quantitative estimate of drug-likeness (QED) is 0.744. The number of aromatic nitrogens is 2. The summed E-state index contributed by atoms with van der Waals surface area (Å²) in [7, 11) is 0. The Balaban J connectivity index is 1.43. The summed E-state index contributed by atoms with van der Waals surface area (Å²) in [4.78, 5) is 26.8. The van der Waals surface area contributed by atoms with Crippen molar-refractivity contribution in [1.29, 1.82) is 0 Å². The normalized spacial score (nSPS) is 18.2. The minimum absolute atomic E-state index is 0.00456. The van der Waals surface area contributed by atoms with Crippen LogP contribution in [0.25, 0.3) is 0 Å². The second kappa shape index (κ2) is 8.46. The van der Waals surface area contributed by atoms with Crippen LogP contribution in [-0.2, 0) is 16.9 Å². The van der Waals surface area contributed by atoms with Crippen molar-refractivity contribution in [2.75, 3.05) is 18.4 Å². The molecular formula is C24H33N5O2. The van der Waals surface area contributed by atoms with Crippen LogP contribution in [0.1, 0.15) is 74.1 Å². The van der Waals surface area contributed by atoms with Crippen molar-refractivity contribution in [1.82, 2.24) is 14.7 Å². The van der Waals surface area contributed by atoms with E-state index < -0.39 is 0 Å². The second-order valence-electron chi connectivity index (χ2n) is 9.92. The SMILES string of the molecule is CC(C)(C)n1nc(C2CC2)cc1C(=O)Nc1cccc(CN2CCC(C(N)=O)CC2)c1.